The van der Waals surface area contributed by atoms with Gasteiger partial charge in [-0.2, -0.15) is 5.26 Å². The first kappa shape index (κ1) is 14.6. The Morgan fingerprint density at radius 2 is 2.24 bits per heavy atom. The summed E-state index contributed by atoms with van der Waals surface area (Å²) in [6, 6.07) is 10.5. The summed E-state index contributed by atoms with van der Waals surface area (Å²) < 4.78 is 10.8. The standard InChI is InChI=1S/C15H14N2O4/c1-17(19-2)15(18)14-12(6-7-20-14)10-21-13-5-3-4-11(8-13)9-16/h3-8H,10H2,1-2H3. The van der Waals surface area contributed by atoms with E-state index in [-0.39, 0.29) is 12.4 Å². The molecule has 0 spiro atoms. The van der Waals surface area contributed by atoms with Gasteiger partial charge in [-0.25, -0.2) is 5.06 Å². The molecule has 1 heterocycles. The Hall–Kier alpha value is -2.78. The number of rotatable bonds is 5. The van der Waals surface area contributed by atoms with E-state index in [2.05, 4.69) is 0 Å². The molecule has 2 aromatic rings. The van der Waals surface area contributed by atoms with Crippen LogP contribution >= 0.6 is 0 Å². The topological polar surface area (TPSA) is 75.7 Å². The maximum absolute atomic E-state index is 12.0. The number of benzene rings is 1. The molecule has 0 bridgehead atoms. The average molecular weight is 286 g/mol. The van der Waals surface area contributed by atoms with Crippen LogP contribution in [0.25, 0.3) is 0 Å². The molecule has 0 atom stereocenters. The van der Waals surface area contributed by atoms with Gasteiger partial charge in [-0.15, -0.1) is 0 Å². The zero-order valence-electron chi connectivity index (χ0n) is 11.7. The molecule has 0 aliphatic rings. The quantitative estimate of drug-likeness (QED) is 0.789. The van der Waals surface area contributed by atoms with Gasteiger partial charge in [0.05, 0.1) is 25.0 Å². The van der Waals surface area contributed by atoms with Gasteiger partial charge in [0.25, 0.3) is 0 Å². The second-order valence-corrected chi connectivity index (χ2v) is 4.19. The van der Waals surface area contributed by atoms with E-state index in [0.29, 0.717) is 16.9 Å². The average Bonchev–Trinajstić information content (AvgIpc) is 3.00. The number of carbonyl (C=O) groups excluding carboxylic acids is 1. The van der Waals surface area contributed by atoms with E-state index < -0.39 is 5.91 Å². The van der Waals surface area contributed by atoms with E-state index in [1.807, 2.05) is 6.07 Å². The van der Waals surface area contributed by atoms with Gasteiger partial charge in [0.1, 0.15) is 12.4 Å². The van der Waals surface area contributed by atoms with Crippen molar-refractivity contribution in [1.29, 1.82) is 5.26 Å². The first-order chi connectivity index (χ1) is 10.2. The molecule has 0 unspecified atom stereocenters. The number of furan rings is 1. The van der Waals surface area contributed by atoms with Crippen LogP contribution < -0.4 is 4.74 Å². The summed E-state index contributed by atoms with van der Waals surface area (Å²) in [6.45, 7) is 0.157. The molecule has 108 valence electrons. The molecule has 6 heteroatoms. The summed E-state index contributed by atoms with van der Waals surface area (Å²) in [6.07, 6.45) is 1.42. The Bertz CT molecular complexity index is 672. The second-order valence-electron chi connectivity index (χ2n) is 4.19. The summed E-state index contributed by atoms with van der Waals surface area (Å²) >= 11 is 0. The number of carbonyl (C=O) groups is 1. The molecule has 0 saturated carbocycles. The van der Waals surface area contributed by atoms with Gasteiger partial charge in [0.2, 0.25) is 0 Å². The summed E-state index contributed by atoms with van der Waals surface area (Å²) in [7, 11) is 2.89. The number of amides is 1. The molecule has 1 aromatic carbocycles. The van der Waals surface area contributed by atoms with E-state index >= 15 is 0 Å². The molecular weight excluding hydrogens is 272 g/mol. The van der Waals surface area contributed by atoms with Crippen LogP contribution in [-0.4, -0.2) is 25.1 Å². The number of hydrogen-bond donors (Lipinski definition) is 0. The predicted molar refractivity (Wildman–Crippen MR) is 73.3 cm³/mol. The van der Waals surface area contributed by atoms with Gasteiger partial charge in [-0.05, 0) is 24.3 Å². The molecule has 6 nitrogen and oxygen atoms in total. The second kappa shape index (κ2) is 6.59. The van der Waals surface area contributed by atoms with Crippen LogP contribution in [0.4, 0.5) is 0 Å². The van der Waals surface area contributed by atoms with E-state index in [1.165, 1.54) is 20.4 Å². The fraction of sp³-hybridized carbons (Fsp3) is 0.200. The predicted octanol–water partition coefficient (Wildman–Crippen LogP) is 2.36. The highest BCUT2D eigenvalue weighted by Crippen LogP contribution is 2.18. The van der Waals surface area contributed by atoms with Crippen molar-refractivity contribution in [3.63, 3.8) is 0 Å². The largest absolute Gasteiger partial charge is 0.489 e. The van der Waals surface area contributed by atoms with Gasteiger partial charge in [-0.1, -0.05) is 6.07 Å². The van der Waals surface area contributed by atoms with Crippen molar-refractivity contribution in [1.82, 2.24) is 5.06 Å². The number of hydroxylamine groups is 2. The van der Waals surface area contributed by atoms with Crippen molar-refractivity contribution >= 4 is 5.91 Å². The van der Waals surface area contributed by atoms with Crippen LogP contribution in [0.1, 0.15) is 21.7 Å². The number of nitriles is 1. The highest BCUT2D eigenvalue weighted by molar-refractivity contribution is 5.91. The van der Waals surface area contributed by atoms with Crippen molar-refractivity contribution < 1.29 is 18.8 Å². The molecule has 2 rings (SSSR count). The lowest BCUT2D eigenvalue weighted by atomic mass is 10.2. The zero-order valence-corrected chi connectivity index (χ0v) is 11.7. The fourth-order valence-electron chi connectivity index (χ4n) is 1.68. The minimum absolute atomic E-state index is 0.157. The first-order valence-corrected chi connectivity index (χ1v) is 6.17. The third-order valence-electron chi connectivity index (χ3n) is 2.86. The van der Waals surface area contributed by atoms with Crippen LogP contribution in [0.5, 0.6) is 5.75 Å². The molecule has 0 aliphatic heterocycles. The third kappa shape index (κ3) is 3.41. The molecule has 0 radical (unpaired) electrons. The van der Waals surface area contributed by atoms with E-state index in [1.54, 1.807) is 30.3 Å². The van der Waals surface area contributed by atoms with Gasteiger partial charge < -0.3 is 9.15 Å². The fourth-order valence-corrected chi connectivity index (χ4v) is 1.68. The van der Waals surface area contributed by atoms with Crippen LogP contribution in [0, 0.1) is 11.3 Å². The summed E-state index contributed by atoms with van der Waals surface area (Å²) in [5, 5.41) is 9.90. The van der Waals surface area contributed by atoms with Gasteiger partial charge in [-0.3, -0.25) is 9.63 Å². The Labute approximate surface area is 122 Å². The summed E-state index contributed by atoms with van der Waals surface area (Å²) in [5.41, 5.74) is 1.11. The zero-order chi connectivity index (χ0) is 15.2. The summed E-state index contributed by atoms with van der Waals surface area (Å²) in [4.78, 5) is 16.8. The molecule has 0 N–H and O–H groups in total. The molecule has 1 aromatic heterocycles. The normalized spacial score (nSPS) is 9.95. The molecule has 0 aliphatic carbocycles. The number of hydrogen-bond acceptors (Lipinski definition) is 5. The summed E-state index contributed by atoms with van der Waals surface area (Å²) in [5.74, 6) is 0.316. The van der Waals surface area contributed by atoms with Crippen LogP contribution in [0.2, 0.25) is 0 Å². The number of ether oxygens (including phenoxy) is 1. The van der Waals surface area contributed by atoms with Gasteiger partial charge in [0.15, 0.2) is 5.76 Å². The Morgan fingerprint density at radius 3 is 2.95 bits per heavy atom. The Balaban J connectivity index is 2.09. The lowest BCUT2D eigenvalue weighted by Crippen LogP contribution is -2.26. The van der Waals surface area contributed by atoms with Crippen molar-refractivity contribution in [2.45, 2.75) is 6.61 Å². The Kier molecular flexibility index (Phi) is 4.59. The van der Waals surface area contributed by atoms with Crippen molar-refractivity contribution in [3.8, 4) is 11.8 Å². The lowest BCUT2D eigenvalue weighted by Gasteiger charge is -2.13. The molecule has 0 saturated heterocycles. The number of nitrogens with zero attached hydrogens (tertiary/aromatic N) is 2. The first-order valence-electron chi connectivity index (χ1n) is 6.17. The van der Waals surface area contributed by atoms with E-state index in [0.717, 1.165) is 5.06 Å². The molecular formula is C15H14N2O4. The van der Waals surface area contributed by atoms with E-state index in [4.69, 9.17) is 19.3 Å². The SMILES string of the molecule is CON(C)C(=O)c1occc1COc1cccc(C#N)c1. The lowest BCUT2D eigenvalue weighted by molar-refractivity contribution is -0.0774. The van der Waals surface area contributed by atoms with Crippen LogP contribution in [-0.2, 0) is 11.4 Å². The molecule has 1 amide bonds. The smallest absolute Gasteiger partial charge is 0.313 e. The van der Waals surface area contributed by atoms with Crippen molar-refractivity contribution in [2.75, 3.05) is 14.2 Å². The monoisotopic (exact) mass is 286 g/mol. The molecule has 21 heavy (non-hydrogen) atoms. The van der Waals surface area contributed by atoms with Crippen molar-refractivity contribution in [3.05, 3.63) is 53.5 Å². The minimum Gasteiger partial charge on any atom is -0.489 e. The maximum Gasteiger partial charge on any atom is 0.313 e. The van der Waals surface area contributed by atoms with E-state index in [9.17, 15) is 4.79 Å². The molecule has 0 fully saturated rings. The maximum atomic E-state index is 12.0. The minimum atomic E-state index is -0.396. The third-order valence-corrected chi connectivity index (χ3v) is 2.86. The van der Waals surface area contributed by atoms with Gasteiger partial charge >= 0.3 is 5.91 Å². The van der Waals surface area contributed by atoms with Crippen LogP contribution in [0.3, 0.4) is 0 Å². The highest BCUT2D eigenvalue weighted by atomic mass is 16.7. The van der Waals surface area contributed by atoms with Crippen LogP contribution in [0.15, 0.2) is 41.0 Å². The Morgan fingerprint density at radius 1 is 1.43 bits per heavy atom. The highest BCUT2D eigenvalue weighted by Gasteiger charge is 2.19. The van der Waals surface area contributed by atoms with Gasteiger partial charge in [0, 0.05) is 12.6 Å². The van der Waals surface area contributed by atoms with Crippen molar-refractivity contribution in [2.24, 2.45) is 0 Å².